The summed E-state index contributed by atoms with van der Waals surface area (Å²) in [5.74, 6) is -0.157. The van der Waals surface area contributed by atoms with Gasteiger partial charge in [0.25, 0.3) is 0 Å². The molecule has 0 saturated heterocycles. The number of nitrogens with one attached hydrogen (secondary N) is 1. The molecule has 2 N–H and O–H groups in total. The molecule has 100 valence electrons. The van der Waals surface area contributed by atoms with Crippen LogP contribution in [0.5, 0.6) is 5.75 Å². The number of rotatable bonds is 5. The number of benzene rings is 1. The van der Waals surface area contributed by atoms with Crippen LogP contribution in [0, 0.1) is 20.8 Å². The van der Waals surface area contributed by atoms with Crippen molar-refractivity contribution in [2.24, 2.45) is 0 Å². The van der Waals surface area contributed by atoms with Gasteiger partial charge in [-0.05, 0) is 45.9 Å². The molecule has 0 bridgehead atoms. The van der Waals surface area contributed by atoms with Gasteiger partial charge in [-0.3, -0.25) is 4.79 Å². The standard InChI is InChI=1S/C14H21NO3/c1-9-6-10(2)12(11(3)7-9)18-8-14(4,15-5)13(16)17/h6-7,15H,8H2,1-5H3,(H,16,17). The Hall–Kier alpha value is -1.55. The first-order valence-electron chi connectivity index (χ1n) is 5.93. The van der Waals surface area contributed by atoms with E-state index in [4.69, 9.17) is 9.84 Å². The third kappa shape index (κ3) is 3.01. The van der Waals surface area contributed by atoms with Gasteiger partial charge in [-0.15, -0.1) is 0 Å². The summed E-state index contributed by atoms with van der Waals surface area (Å²) in [5, 5.41) is 11.9. The Morgan fingerprint density at radius 3 is 2.22 bits per heavy atom. The van der Waals surface area contributed by atoms with E-state index in [0.29, 0.717) is 0 Å². The van der Waals surface area contributed by atoms with E-state index >= 15 is 0 Å². The smallest absolute Gasteiger partial charge is 0.327 e. The van der Waals surface area contributed by atoms with Crippen molar-refractivity contribution < 1.29 is 14.6 Å². The number of aliphatic carboxylic acids is 1. The third-order valence-corrected chi connectivity index (χ3v) is 3.13. The van der Waals surface area contributed by atoms with Crippen molar-refractivity contribution in [3.63, 3.8) is 0 Å². The Kier molecular flexibility index (Phi) is 4.35. The summed E-state index contributed by atoms with van der Waals surface area (Å²) < 4.78 is 5.70. The predicted octanol–water partition coefficient (Wildman–Crippen LogP) is 2.05. The number of hydrogen-bond acceptors (Lipinski definition) is 3. The molecule has 1 aromatic carbocycles. The Morgan fingerprint density at radius 2 is 1.83 bits per heavy atom. The molecule has 0 aliphatic carbocycles. The van der Waals surface area contributed by atoms with Gasteiger partial charge in [0.05, 0.1) is 0 Å². The minimum atomic E-state index is -1.08. The first-order valence-corrected chi connectivity index (χ1v) is 5.93. The van der Waals surface area contributed by atoms with E-state index in [9.17, 15) is 4.79 Å². The molecule has 0 heterocycles. The normalized spacial score (nSPS) is 14.1. The van der Waals surface area contributed by atoms with Crippen LogP contribution in [-0.2, 0) is 4.79 Å². The Labute approximate surface area is 108 Å². The van der Waals surface area contributed by atoms with Crippen molar-refractivity contribution in [1.82, 2.24) is 5.32 Å². The zero-order chi connectivity index (χ0) is 13.9. The number of aryl methyl sites for hydroxylation is 3. The maximum atomic E-state index is 11.2. The molecule has 18 heavy (non-hydrogen) atoms. The van der Waals surface area contributed by atoms with Crippen molar-refractivity contribution >= 4 is 5.97 Å². The molecule has 0 aliphatic heterocycles. The lowest BCUT2D eigenvalue weighted by Gasteiger charge is -2.25. The van der Waals surface area contributed by atoms with Gasteiger partial charge in [0.2, 0.25) is 0 Å². The van der Waals surface area contributed by atoms with Gasteiger partial charge >= 0.3 is 5.97 Å². The van der Waals surface area contributed by atoms with Gasteiger partial charge in [0.1, 0.15) is 17.9 Å². The highest BCUT2D eigenvalue weighted by Gasteiger charge is 2.32. The number of ether oxygens (including phenoxy) is 1. The summed E-state index contributed by atoms with van der Waals surface area (Å²) in [6.45, 7) is 7.65. The van der Waals surface area contributed by atoms with E-state index in [1.165, 1.54) is 5.56 Å². The Morgan fingerprint density at radius 1 is 1.33 bits per heavy atom. The van der Waals surface area contributed by atoms with Crippen molar-refractivity contribution in [1.29, 1.82) is 0 Å². The Bertz CT molecular complexity index is 433. The molecule has 0 aliphatic rings. The zero-order valence-corrected chi connectivity index (χ0v) is 11.6. The van der Waals surface area contributed by atoms with E-state index in [1.54, 1.807) is 14.0 Å². The summed E-state index contributed by atoms with van der Waals surface area (Å²) >= 11 is 0. The highest BCUT2D eigenvalue weighted by atomic mass is 16.5. The zero-order valence-electron chi connectivity index (χ0n) is 11.6. The second-order valence-corrected chi connectivity index (χ2v) is 4.90. The van der Waals surface area contributed by atoms with E-state index < -0.39 is 11.5 Å². The summed E-state index contributed by atoms with van der Waals surface area (Å²) in [7, 11) is 1.62. The number of carboxylic acid groups (broad SMARTS) is 1. The maximum absolute atomic E-state index is 11.2. The fourth-order valence-electron chi connectivity index (χ4n) is 1.85. The molecule has 0 saturated carbocycles. The predicted molar refractivity (Wildman–Crippen MR) is 71.2 cm³/mol. The topological polar surface area (TPSA) is 58.6 Å². The fourth-order valence-corrected chi connectivity index (χ4v) is 1.85. The van der Waals surface area contributed by atoms with Gasteiger partial charge in [-0.1, -0.05) is 17.7 Å². The second-order valence-electron chi connectivity index (χ2n) is 4.90. The molecule has 0 fully saturated rings. The summed E-state index contributed by atoms with van der Waals surface area (Å²) in [4.78, 5) is 11.2. The van der Waals surface area contributed by atoms with Crippen molar-refractivity contribution in [3.8, 4) is 5.75 Å². The summed E-state index contributed by atoms with van der Waals surface area (Å²) in [6, 6.07) is 4.06. The molecular weight excluding hydrogens is 230 g/mol. The number of likely N-dealkylation sites (N-methyl/N-ethyl adjacent to an activating group) is 1. The molecule has 4 nitrogen and oxygen atoms in total. The van der Waals surface area contributed by atoms with Crippen LogP contribution in [0.1, 0.15) is 23.6 Å². The van der Waals surface area contributed by atoms with Crippen LogP contribution in [0.3, 0.4) is 0 Å². The molecule has 0 radical (unpaired) electrons. The van der Waals surface area contributed by atoms with Gasteiger partial charge in [-0.25, -0.2) is 0 Å². The van der Waals surface area contributed by atoms with E-state index in [2.05, 4.69) is 5.32 Å². The van der Waals surface area contributed by atoms with Crippen LogP contribution in [0.25, 0.3) is 0 Å². The van der Waals surface area contributed by atoms with Crippen LogP contribution in [-0.4, -0.2) is 30.3 Å². The molecule has 1 aromatic rings. The van der Waals surface area contributed by atoms with Crippen molar-refractivity contribution in [2.45, 2.75) is 33.2 Å². The lowest BCUT2D eigenvalue weighted by Crippen LogP contribution is -2.52. The maximum Gasteiger partial charge on any atom is 0.327 e. The lowest BCUT2D eigenvalue weighted by atomic mass is 10.0. The molecular formula is C14H21NO3. The van der Waals surface area contributed by atoms with Crippen LogP contribution in [0.15, 0.2) is 12.1 Å². The SMILES string of the molecule is CNC(C)(COc1c(C)cc(C)cc1C)C(=O)O. The number of carbonyl (C=O) groups is 1. The van der Waals surface area contributed by atoms with Crippen LogP contribution < -0.4 is 10.1 Å². The molecule has 1 atom stereocenters. The first-order chi connectivity index (χ1) is 8.30. The first kappa shape index (κ1) is 14.5. The number of hydrogen-bond donors (Lipinski definition) is 2. The van der Waals surface area contributed by atoms with Gasteiger partial charge < -0.3 is 15.2 Å². The third-order valence-electron chi connectivity index (χ3n) is 3.13. The summed E-state index contributed by atoms with van der Waals surface area (Å²) in [5.41, 5.74) is 2.14. The van der Waals surface area contributed by atoms with Crippen molar-refractivity contribution in [3.05, 3.63) is 28.8 Å². The highest BCUT2D eigenvalue weighted by Crippen LogP contribution is 2.25. The van der Waals surface area contributed by atoms with Crippen LogP contribution in [0.4, 0.5) is 0 Å². The van der Waals surface area contributed by atoms with Crippen LogP contribution >= 0.6 is 0 Å². The van der Waals surface area contributed by atoms with Gasteiger partial charge in [0.15, 0.2) is 0 Å². The fraction of sp³-hybridized carbons (Fsp3) is 0.500. The van der Waals surface area contributed by atoms with Crippen LogP contribution in [0.2, 0.25) is 0 Å². The molecule has 0 spiro atoms. The number of carboxylic acids is 1. The van der Waals surface area contributed by atoms with Gasteiger partial charge in [0, 0.05) is 0 Å². The van der Waals surface area contributed by atoms with E-state index in [1.807, 2.05) is 32.9 Å². The molecule has 4 heteroatoms. The van der Waals surface area contributed by atoms with Crippen molar-refractivity contribution in [2.75, 3.05) is 13.7 Å². The minimum absolute atomic E-state index is 0.0869. The average Bonchev–Trinajstić information content (AvgIpc) is 2.26. The molecule has 0 aromatic heterocycles. The minimum Gasteiger partial charge on any atom is -0.490 e. The highest BCUT2D eigenvalue weighted by molar-refractivity contribution is 5.78. The lowest BCUT2D eigenvalue weighted by molar-refractivity contribution is -0.145. The molecule has 1 rings (SSSR count). The van der Waals surface area contributed by atoms with E-state index in [-0.39, 0.29) is 6.61 Å². The molecule has 0 amide bonds. The molecule has 1 unspecified atom stereocenters. The monoisotopic (exact) mass is 251 g/mol. The largest absolute Gasteiger partial charge is 0.490 e. The van der Waals surface area contributed by atoms with E-state index in [0.717, 1.165) is 16.9 Å². The summed E-state index contributed by atoms with van der Waals surface area (Å²) in [6.07, 6.45) is 0. The second kappa shape index (κ2) is 5.40. The average molecular weight is 251 g/mol. The Balaban J connectivity index is 2.90. The quantitative estimate of drug-likeness (QED) is 0.841. The van der Waals surface area contributed by atoms with Gasteiger partial charge in [-0.2, -0.15) is 0 Å².